The van der Waals surface area contributed by atoms with Crippen LogP contribution in [0.3, 0.4) is 0 Å². The van der Waals surface area contributed by atoms with Gasteiger partial charge >= 0.3 is 0 Å². The Hall–Kier alpha value is -1.54. The predicted molar refractivity (Wildman–Crippen MR) is 86.1 cm³/mol. The Bertz CT molecular complexity index is 558. The van der Waals surface area contributed by atoms with Crippen LogP contribution in [0.25, 0.3) is 10.8 Å². The van der Waals surface area contributed by atoms with Crippen molar-refractivity contribution in [3.05, 3.63) is 42.0 Å². The number of benzene rings is 2. The van der Waals surface area contributed by atoms with Gasteiger partial charge in [0.05, 0.1) is 6.61 Å². The molecule has 0 saturated carbocycles. The zero-order chi connectivity index (χ0) is 14.5. The van der Waals surface area contributed by atoms with Gasteiger partial charge in [0.25, 0.3) is 0 Å². The normalized spacial score (nSPS) is 12.8. The van der Waals surface area contributed by atoms with Gasteiger partial charge in [-0.15, -0.1) is 0 Å². The van der Waals surface area contributed by atoms with E-state index < -0.39 is 0 Å². The Labute approximate surface area is 121 Å². The molecular weight excluding hydrogens is 246 g/mol. The van der Waals surface area contributed by atoms with Crippen LogP contribution in [0, 0.1) is 5.92 Å². The maximum atomic E-state index is 6.18. The summed E-state index contributed by atoms with van der Waals surface area (Å²) in [7, 11) is 0. The lowest BCUT2D eigenvalue weighted by molar-refractivity contribution is 0.240. The minimum absolute atomic E-state index is 0.0173. The highest BCUT2D eigenvalue weighted by molar-refractivity contribution is 5.89. The third kappa shape index (κ3) is 3.13. The van der Waals surface area contributed by atoms with E-state index in [9.17, 15) is 0 Å². The van der Waals surface area contributed by atoms with Crippen molar-refractivity contribution in [1.82, 2.24) is 0 Å². The molecule has 2 nitrogen and oxygen atoms in total. The molecule has 0 spiro atoms. The summed E-state index contributed by atoms with van der Waals surface area (Å²) in [6.07, 6.45) is 2.30. The fourth-order valence-electron chi connectivity index (χ4n) is 2.51. The molecule has 1 unspecified atom stereocenters. The zero-order valence-corrected chi connectivity index (χ0v) is 12.7. The third-order valence-electron chi connectivity index (χ3n) is 4.02. The van der Waals surface area contributed by atoms with Crippen molar-refractivity contribution in [3.63, 3.8) is 0 Å². The SMILES string of the molecule is CCC(CC)COc1c(C(C)N)ccc2ccccc12. The minimum Gasteiger partial charge on any atom is -0.492 e. The van der Waals surface area contributed by atoms with Gasteiger partial charge in [-0.2, -0.15) is 0 Å². The van der Waals surface area contributed by atoms with E-state index >= 15 is 0 Å². The van der Waals surface area contributed by atoms with E-state index in [1.54, 1.807) is 0 Å². The molecule has 0 saturated heterocycles. The molecule has 108 valence electrons. The number of hydrogen-bond donors (Lipinski definition) is 1. The van der Waals surface area contributed by atoms with Crippen molar-refractivity contribution in [2.24, 2.45) is 11.7 Å². The number of hydrogen-bond acceptors (Lipinski definition) is 2. The molecule has 0 radical (unpaired) electrons. The fraction of sp³-hybridized carbons (Fsp3) is 0.444. The summed E-state index contributed by atoms with van der Waals surface area (Å²) in [5.41, 5.74) is 7.19. The predicted octanol–water partition coefficient (Wildman–Crippen LogP) is 4.67. The molecule has 0 heterocycles. The maximum absolute atomic E-state index is 6.18. The second kappa shape index (κ2) is 6.76. The van der Waals surface area contributed by atoms with Crippen LogP contribution in [0.1, 0.15) is 45.2 Å². The van der Waals surface area contributed by atoms with E-state index in [-0.39, 0.29) is 6.04 Å². The van der Waals surface area contributed by atoms with E-state index in [2.05, 4.69) is 50.2 Å². The minimum atomic E-state index is -0.0173. The van der Waals surface area contributed by atoms with Crippen molar-refractivity contribution in [2.75, 3.05) is 6.61 Å². The molecule has 0 aliphatic rings. The van der Waals surface area contributed by atoms with Crippen LogP contribution in [-0.2, 0) is 0 Å². The van der Waals surface area contributed by atoms with Gasteiger partial charge in [0, 0.05) is 17.0 Å². The van der Waals surface area contributed by atoms with Crippen molar-refractivity contribution in [2.45, 2.75) is 39.7 Å². The number of nitrogens with two attached hydrogens (primary N) is 1. The second-order valence-electron chi connectivity index (χ2n) is 5.49. The van der Waals surface area contributed by atoms with Gasteiger partial charge in [-0.3, -0.25) is 0 Å². The first-order chi connectivity index (χ1) is 9.67. The van der Waals surface area contributed by atoms with E-state index in [4.69, 9.17) is 10.5 Å². The van der Waals surface area contributed by atoms with Crippen molar-refractivity contribution >= 4 is 10.8 Å². The first-order valence-electron chi connectivity index (χ1n) is 7.57. The molecule has 1 atom stereocenters. The monoisotopic (exact) mass is 271 g/mol. The van der Waals surface area contributed by atoms with E-state index in [1.165, 1.54) is 5.39 Å². The van der Waals surface area contributed by atoms with Crippen LogP contribution in [0.2, 0.25) is 0 Å². The van der Waals surface area contributed by atoms with Gasteiger partial charge < -0.3 is 10.5 Å². The molecule has 2 N–H and O–H groups in total. The Morgan fingerprint density at radius 1 is 1.05 bits per heavy atom. The summed E-state index contributed by atoms with van der Waals surface area (Å²) in [5, 5.41) is 2.37. The summed E-state index contributed by atoms with van der Waals surface area (Å²) in [4.78, 5) is 0. The molecule has 0 amide bonds. The average Bonchev–Trinajstić information content (AvgIpc) is 2.47. The molecule has 0 bridgehead atoms. The summed E-state index contributed by atoms with van der Waals surface area (Å²) in [6.45, 7) is 7.20. The lowest BCUT2D eigenvalue weighted by Gasteiger charge is -2.19. The van der Waals surface area contributed by atoms with E-state index in [0.29, 0.717) is 5.92 Å². The van der Waals surface area contributed by atoms with Gasteiger partial charge in [0.2, 0.25) is 0 Å². The van der Waals surface area contributed by atoms with Gasteiger partial charge in [-0.05, 0) is 18.2 Å². The Kier molecular flexibility index (Phi) is 5.02. The summed E-state index contributed by atoms with van der Waals surface area (Å²) >= 11 is 0. The van der Waals surface area contributed by atoms with E-state index in [0.717, 1.165) is 36.1 Å². The van der Waals surface area contributed by atoms with Gasteiger partial charge in [0.1, 0.15) is 5.75 Å². The first-order valence-corrected chi connectivity index (χ1v) is 7.57. The second-order valence-corrected chi connectivity index (χ2v) is 5.49. The zero-order valence-electron chi connectivity index (χ0n) is 12.7. The summed E-state index contributed by atoms with van der Waals surface area (Å²) in [5.74, 6) is 1.57. The highest BCUT2D eigenvalue weighted by Gasteiger charge is 2.13. The fourth-order valence-corrected chi connectivity index (χ4v) is 2.51. The molecule has 0 aromatic heterocycles. The summed E-state index contributed by atoms with van der Waals surface area (Å²) in [6, 6.07) is 12.5. The van der Waals surface area contributed by atoms with Crippen LogP contribution >= 0.6 is 0 Å². The molecule has 2 rings (SSSR count). The van der Waals surface area contributed by atoms with E-state index in [1.807, 2.05) is 6.92 Å². The molecule has 2 aromatic rings. The molecule has 2 heteroatoms. The van der Waals surface area contributed by atoms with Crippen molar-refractivity contribution < 1.29 is 4.74 Å². The largest absolute Gasteiger partial charge is 0.492 e. The Morgan fingerprint density at radius 3 is 2.40 bits per heavy atom. The molecule has 2 aromatic carbocycles. The number of rotatable bonds is 6. The lowest BCUT2D eigenvalue weighted by atomic mass is 10.0. The van der Waals surface area contributed by atoms with Crippen LogP contribution in [0.4, 0.5) is 0 Å². The van der Waals surface area contributed by atoms with Crippen LogP contribution < -0.4 is 10.5 Å². The first kappa shape index (κ1) is 14.9. The standard InChI is InChI=1S/C18H25NO/c1-4-14(5-2)12-20-18-16(13(3)19)11-10-15-8-6-7-9-17(15)18/h6-11,13-14H,4-5,12,19H2,1-3H3. The molecule has 0 fully saturated rings. The van der Waals surface area contributed by atoms with Crippen LogP contribution in [0.15, 0.2) is 36.4 Å². The highest BCUT2D eigenvalue weighted by atomic mass is 16.5. The molecule has 0 aliphatic heterocycles. The quantitative estimate of drug-likeness (QED) is 0.828. The van der Waals surface area contributed by atoms with Crippen molar-refractivity contribution in [1.29, 1.82) is 0 Å². The number of fused-ring (bicyclic) bond motifs is 1. The topological polar surface area (TPSA) is 35.2 Å². The number of ether oxygens (including phenoxy) is 1. The van der Waals surface area contributed by atoms with Crippen LogP contribution in [0.5, 0.6) is 5.75 Å². The van der Waals surface area contributed by atoms with Gasteiger partial charge in [-0.1, -0.05) is 63.1 Å². The van der Waals surface area contributed by atoms with Crippen LogP contribution in [-0.4, -0.2) is 6.61 Å². The Balaban J connectivity index is 2.39. The molecular formula is C18H25NO. The van der Waals surface area contributed by atoms with Gasteiger partial charge in [-0.25, -0.2) is 0 Å². The van der Waals surface area contributed by atoms with Gasteiger partial charge in [0.15, 0.2) is 0 Å². The lowest BCUT2D eigenvalue weighted by Crippen LogP contribution is -2.13. The smallest absolute Gasteiger partial charge is 0.131 e. The average molecular weight is 271 g/mol. The third-order valence-corrected chi connectivity index (χ3v) is 4.02. The summed E-state index contributed by atoms with van der Waals surface area (Å²) < 4.78 is 6.18. The highest BCUT2D eigenvalue weighted by Crippen LogP contribution is 2.33. The molecule has 0 aliphatic carbocycles. The Morgan fingerprint density at radius 2 is 1.75 bits per heavy atom. The van der Waals surface area contributed by atoms with Crippen molar-refractivity contribution in [3.8, 4) is 5.75 Å². The molecule has 20 heavy (non-hydrogen) atoms. The maximum Gasteiger partial charge on any atom is 0.131 e.